The van der Waals surface area contributed by atoms with Crippen LogP contribution in [0.15, 0.2) is 54.9 Å². The second-order valence-corrected chi connectivity index (χ2v) is 9.58. The molecule has 1 N–H and O–H groups in total. The highest BCUT2D eigenvalue weighted by molar-refractivity contribution is 6.64. The van der Waals surface area contributed by atoms with Crippen molar-refractivity contribution in [2.75, 3.05) is 31.1 Å². The minimum atomic E-state index is -2.99. The highest BCUT2D eigenvalue weighted by atomic mass is 19.3. The molecule has 2 atom stereocenters. The van der Waals surface area contributed by atoms with Gasteiger partial charge in [0.05, 0.1) is 23.7 Å². The Morgan fingerprint density at radius 3 is 2.64 bits per heavy atom. The average molecular weight is 534 g/mol. The summed E-state index contributed by atoms with van der Waals surface area (Å²) < 4.78 is 47.9. The number of carbonyl (C=O) groups is 1. The molecule has 0 saturated carbocycles. The van der Waals surface area contributed by atoms with E-state index in [0.29, 0.717) is 59.9 Å². The zero-order valence-corrected chi connectivity index (χ0v) is 20.8. The van der Waals surface area contributed by atoms with Crippen molar-refractivity contribution in [3.63, 3.8) is 0 Å². The van der Waals surface area contributed by atoms with Crippen LogP contribution in [0.5, 0.6) is 5.75 Å². The molecule has 0 amide bonds. The van der Waals surface area contributed by atoms with Crippen molar-refractivity contribution in [2.45, 2.75) is 25.1 Å². The molecular weight excluding hydrogens is 510 g/mol. The Bertz CT molecular complexity index is 1510. The van der Waals surface area contributed by atoms with Crippen LogP contribution in [0.3, 0.4) is 0 Å². The quantitative estimate of drug-likeness (QED) is 0.287. The van der Waals surface area contributed by atoms with E-state index >= 15 is 4.39 Å². The van der Waals surface area contributed by atoms with Crippen LogP contribution in [-0.4, -0.2) is 70.7 Å². The number of anilines is 1. The van der Waals surface area contributed by atoms with Crippen molar-refractivity contribution in [3.8, 4) is 16.9 Å². The molecule has 4 aromatic rings. The molecule has 4 heterocycles. The third-order valence-electron chi connectivity index (χ3n) is 7.36. The number of carbonyl (C=O) groups excluding carboxylic acids is 1. The average Bonchev–Trinajstić information content (AvgIpc) is 3.45. The number of fused-ring (bicyclic) bond motifs is 3. The fraction of sp³-hybridized carbons (Fsp3) is 0.296. The van der Waals surface area contributed by atoms with Gasteiger partial charge in [0.1, 0.15) is 23.0 Å². The summed E-state index contributed by atoms with van der Waals surface area (Å²) in [4.78, 5) is 23.8. The van der Waals surface area contributed by atoms with Crippen LogP contribution in [0.25, 0.3) is 16.8 Å². The van der Waals surface area contributed by atoms with Gasteiger partial charge < -0.3 is 28.7 Å². The Hall–Kier alpha value is -3.90. The molecule has 6 rings (SSSR count). The van der Waals surface area contributed by atoms with Gasteiger partial charge in [-0.25, -0.2) is 14.4 Å². The van der Waals surface area contributed by atoms with Crippen molar-refractivity contribution < 1.29 is 27.8 Å². The molecule has 0 bridgehead atoms. The van der Waals surface area contributed by atoms with Crippen molar-refractivity contribution in [1.29, 1.82) is 0 Å². The van der Waals surface area contributed by atoms with E-state index in [-0.39, 0.29) is 12.2 Å². The molecule has 1 aliphatic carbocycles. The SMILES string of the molecule is O=C[B]N1CCN(c2ccc(-c3cn4c5c(nc4cc3F)C(O)CC5c3ccccc3OC(F)F)cn2)CC1. The molecule has 1 aliphatic heterocycles. The van der Waals surface area contributed by atoms with Gasteiger partial charge in [0.15, 0.2) is 0 Å². The fourth-order valence-electron chi connectivity index (χ4n) is 5.52. The van der Waals surface area contributed by atoms with Crippen molar-refractivity contribution in [2.24, 2.45) is 0 Å². The molecule has 1 fully saturated rings. The highest BCUT2D eigenvalue weighted by Gasteiger charge is 2.37. The number of ether oxygens (including phenoxy) is 1. The standard InChI is InChI=1S/C27H24BF3N5O3/c29-20-12-24-33-25-21(38)11-18(17-3-1-2-4-22(17)39-27(30)31)26(25)36(24)14-19(20)16-5-6-23(32-13-16)34-7-9-35(10-8-34)28-15-37/h1-6,12-15,18,21,27,38H,7-11H2. The summed E-state index contributed by atoms with van der Waals surface area (Å²) in [6, 6.07) is 11.4. The first-order valence-corrected chi connectivity index (χ1v) is 12.6. The van der Waals surface area contributed by atoms with E-state index in [2.05, 4.69) is 14.9 Å². The van der Waals surface area contributed by atoms with Crippen molar-refractivity contribution in [3.05, 3.63) is 77.6 Å². The van der Waals surface area contributed by atoms with Gasteiger partial charge in [0.25, 0.3) is 7.41 Å². The monoisotopic (exact) mass is 534 g/mol. The van der Waals surface area contributed by atoms with Gasteiger partial charge in [-0.05, 0) is 24.6 Å². The van der Waals surface area contributed by atoms with Crippen LogP contribution in [0.2, 0.25) is 0 Å². The third kappa shape index (κ3) is 4.74. The summed E-state index contributed by atoms with van der Waals surface area (Å²) in [6.07, 6.45) is 3.32. The molecule has 2 aliphatic rings. The number of aromatic nitrogens is 3. The minimum absolute atomic E-state index is 0.0273. The van der Waals surface area contributed by atoms with Gasteiger partial charge in [-0.3, -0.25) is 0 Å². The number of aliphatic hydroxyl groups is 1. The van der Waals surface area contributed by atoms with Gasteiger partial charge in [-0.2, -0.15) is 8.78 Å². The largest absolute Gasteiger partial charge is 0.435 e. The van der Waals surface area contributed by atoms with Gasteiger partial charge in [0.2, 0.25) is 0 Å². The normalized spacial score (nSPS) is 19.5. The summed E-state index contributed by atoms with van der Waals surface area (Å²) in [5.41, 5.74) is 2.67. The second kappa shape index (κ2) is 10.3. The molecule has 8 nitrogen and oxygen atoms in total. The van der Waals surface area contributed by atoms with E-state index in [1.807, 2.05) is 10.9 Å². The smallest absolute Gasteiger partial charge is 0.387 e. The zero-order valence-electron chi connectivity index (χ0n) is 20.8. The maximum Gasteiger partial charge on any atom is 0.387 e. The van der Waals surface area contributed by atoms with Crippen molar-refractivity contribution >= 4 is 25.1 Å². The first-order valence-electron chi connectivity index (χ1n) is 12.6. The van der Waals surface area contributed by atoms with Gasteiger partial charge in [-0.1, -0.05) is 18.2 Å². The van der Waals surface area contributed by atoms with Gasteiger partial charge in [0, 0.05) is 67.2 Å². The third-order valence-corrected chi connectivity index (χ3v) is 7.36. The number of hydrogen-bond acceptors (Lipinski definition) is 7. The number of nitrogens with zero attached hydrogens (tertiary/aromatic N) is 5. The number of piperazine rings is 1. The molecule has 1 radical (unpaired) electrons. The van der Waals surface area contributed by atoms with Gasteiger partial charge in [-0.15, -0.1) is 0 Å². The molecule has 199 valence electrons. The molecular formula is C27H24BF3N5O3. The molecule has 1 aromatic carbocycles. The molecule has 3 aromatic heterocycles. The van der Waals surface area contributed by atoms with Crippen LogP contribution < -0.4 is 9.64 Å². The van der Waals surface area contributed by atoms with E-state index in [1.54, 1.807) is 41.1 Å². The summed E-state index contributed by atoms with van der Waals surface area (Å²) in [5.74, 6) is -0.187. The minimum Gasteiger partial charge on any atom is -0.435 e. The van der Waals surface area contributed by atoms with E-state index in [1.165, 1.54) is 19.5 Å². The van der Waals surface area contributed by atoms with Crippen LogP contribution >= 0.6 is 0 Å². The Morgan fingerprint density at radius 2 is 1.92 bits per heavy atom. The van der Waals surface area contributed by atoms with Gasteiger partial charge >= 0.3 is 6.61 Å². The number of halogens is 3. The maximum atomic E-state index is 15.3. The number of para-hydroxylation sites is 1. The second-order valence-electron chi connectivity index (χ2n) is 9.58. The van der Waals surface area contributed by atoms with E-state index < -0.39 is 24.5 Å². The van der Waals surface area contributed by atoms with Crippen molar-refractivity contribution in [1.82, 2.24) is 19.2 Å². The lowest BCUT2D eigenvalue weighted by Gasteiger charge is -2.34. The molecule has 12 heteroatoms. The predicted octanol–water partition coefficient (Wildman–Crippen LogP) is 3.64. The molecule has 2 unspecified atom stereocenters. The van der Waals surface area contributed by atoms with Crippen LogP contribution in [0.4, 0.5) is 19.0 Å². The number of hydrogen-bond donors (Lipinski definition) is 1. The van der Waals surface area contributed by atoms with E-state index in [4.69, 9.17) is 4.74 Å². The first-order chi connectivity index (χ1) is 18.9. The van der Waals surface area contributed by atoms with Crippen LogP contribution in [0.1, 0.15) is 35.4 Å². The number of imidazole rings is 1. The van der Waals surface area contributed by atoms with E-state index in [0.717, 1.165) is 12.0 Å². The lowest BCUT2D eigenvalue weighted by molar-refractivity contribution is -0.0506. The summed E-state index contributed by atoms with van der Waals surface area (Å²) in [6.45, 7) is -0.166. The number of alkyl halides is 2. The van der Waals surface area contributed by atoms with E-state index in [9.17, 15) is 18.7 Å². The molecule has 1 saturated heterocycles. The number of aliphatic hydroxyl groups excluding tert-OH is 1. The molecule has 39 heavy (non-hydrogen) atoms. The number of pyridine rings is 2. The van der Waals surface area contributed by atoms with Crippen LogP contribution in [0, 0.1) is 5.82 Å². The highest BCUT2D eigenvalue weighted by Crippen LogP contribution is 2.47. The number of benzene rings is 1. The fourth-order valence-corrected chi connectivity index (χ4v) is 5.52. The Labute approximate surface area is 222 Å². The van der Waals surface area contributed by atoms with Crippen LogP contribution in [-0.2, 0) is 4.79 Å². The summed E-state index contributed by atoms with van der Waals surface area (Å²) in [7, 11) is 1.54. The Morgan fingerprint density at radius 1 is 1.13 bits per heavy atom. The Kier molecular flexibility index (Phi) is 6.73. The predicted molar refractivity (Wildman–Crippen MR) is 139 cm³/mol. The lowest BCUT2D eigenvalue weighted by atomic mass is 9.93. The maximum absolute atomic E-state index is 15.3. The first kappa shape index (κ1) is 25.4. The number of rotatable bonds is 7. The lowest BCUT2D eigenvalue weighted by Crippen LogP contribution is -2.48. The summed E-state index contributed by atoms with van der Waals surface area (Å²) >= 11 is 0. The molecule has 0 spiro atoms. The zero-order chi connectivity index (χ0) is 27.1. The Balaban J connectivity index is 1.34. The summed E-state index contributed by atoms with van der Waals surface area (Å²) in [5, 5.41) is 10.7. The topological polar surface area (TPSA) is 83.2 Å².